The topological polar surface area (TPSA) is 172 Å². The number of piperazine rings is 1. The Morgan fingerprint density at radius 3 is 2.58 bits per heavy atom. The smallest absolute Gasteiger partial charge is 0.324 e. The van der Waals surface area contributed by atoms with Crippen LogP contribution in [0.3, 0.4) is 0 Å². The van der Waals surface area contributed by atoms with Gasteiger partial charge in [0.15, 0.2) is 0 Å². The number of rotatable bonds is 7. The van der Waals surface area contributed by atoms with Crippen LogP contribution in [0.15, 0.2) is 54.6 Å². The molecule has 5 atom stereocenters. The molecular weight excluding hydrogens is 835 g/mol. The van der Waals surface area contributed by atoms with Crippen LogP contribution in [0, 0.1) is 11.3 Å². The van der Waals surface area contributed by atoms with E-state index in [0.717, 1.165) is 44.7 Å². The van der Waals surface area contributed by atoms with Crippen molar-refractivity contribution < 1.29 is 33.4 Å². The van der Waals surface area contributed by atoms with Gasteiger partial charge in [0.05, 0.1) is 28.7 Å². The molecule has 0 radical (unpaired) electrons. The number of pyridine rings is 1. The van der Waals surface area contributed by atoms with Crippen molar-refractivity contribution in [1.82, 2.24) is 45.0 Å². The number of methoxy groups -OCH3 is 1. The Morgan fingerprint density at radius 1 is 1.12 bits per heavy atom. The highest BCUT2D eigenvalue weighted by Gasteiger charge is 2.48. The molecule has 6 heterocycles. The summed E-state index contributed by atoms with van der Waals surface area (Å²) >= 11 is 1.40. The third-order valence-corrected chi connectivity index (χ3v) is 14.2. The van der Waals surface area contributed by atoms with Gasteiger partial charge < -0.3 is 34.1 Å². The minimum Gasteiger partial charge on any atom is -0.464 e. The summed E-state index contributed by atoms with van der Waals surface area (Å²) < 4.78 is 14.9. The molecule has 5 amide bonds. The number of ether oxygens (including phenoxy) is 2. The third kappa shape index (κ3) is 8.17. The van der Waals surface area contributed by atoms with E-state index in [2.05, 4.69) is 66.9 Å². The number of nitrogens with one attached hydrogen (secondary N) is 2. The number of aryl methyl sites for hydroxylation is 1. The zero-order chi connectivity index (χ0) is 45.6. The molecule has 4 aromatic rings. The Balaban J connectivity index is 1.16. The van der Waals surface area contributed by atoms with Gasteiger partial charge in [0.2, 0.25) is 11.8 Å². The largest absolute Gasteiger partial charge is 0.464 e. The van der Waals surface area contributed by atoms with Gasteiger partial charge in [0.25, 0.3) is 5.91 Å². The summed E-state index contributed by atoms with van der Waals surface area (Å²) in [6, 6.07) is 7.25. The molecule has 3 aliphatic heterocycles. The standard InChI is InChI=1S/C47H59N9O7S/c1-9-36(57)53-19-21-54(22-20-53)46(61)52(7)40(27(3)4)43(58)50-32-24-35-49-33(25-64-35)28-15-16-34-30(23-28)37-38(42(62-8)39-29(13-11-17-48-39)41(37)55(34)10-2)47(5,6)26-63-45(60)31-14-12-18-56(51-31)44(32)59/h9,11,13,15-17,23,25,27,31-32,38,40,42,51H,1,10,12,14,18-22,24,26H2,2-8H3,(H,50,58)/t31-,32?,38?,40-,42-/m0/s1. The lowest BCUT2D eigenvalue weighted by Gasteiger charge is -2.42. The first-order valence-corrected chi connectivity index (χ1v) is 23.1. The Hall–Kier alpha value is -5.65. The fraction of sp³-hybridized carbons (Fsp3) is 0.511. The highest BCUT2D eigenvalue weighted by atomic mass is 32.1. The molecule has 2 N–H and O–H groups in total. The summed E-state index contributed by atoms with van der Waals surface area (Å²) in [6.07, 6.45) is 3.67. The average molecular weight is 894 g/mol. The second-order valence-corrected chi connectivity index (χ2v) is 19.2. The number of cyclic esters (lactones) is 1. The molecule has 2 unspecified atom stereocenters. The fourth-order valence-electron chi connectivity index (χ4n) is 10.1. The predicted octanol–water partition coefficient (Wildman–Crippen LogP) is 5.14. The third-order valence-electron chi connectivity index (χ3n) is 13.3. The van der Waals surface area contributed by atoms with E-state index in [9.17, 15) is 24.0 Å². The number of nitrogens with zero attached hydrogens (tertiary/aromatic N) is 7. The van der Waals surface area contributed by atoms with E-state index >= 15 is 0 Å². The average Bonchev–Trinajstić information content (AvgIpc) is 3.91. The number of likely N-dealkylation sites (N-methyl/N-ethyl adjacent to an activating group) is 1. The SMILES string of the molecule is C=CC(=O)N1CCN(C(=O)N(C)[C@H](C(=O)NC2Cc3nc(cs3)-c3ccc4c(c3)c3c(n4CC)-c4cccnc4[C@@H](OC)C3C(C)(C)COC(=O)[C@@H]3CCCN(N3)C2=O)C(C)C)CC1. The number of hydrazine groups is 1. The molecule has 1 aliphatic carbocycles. The first-order chi connectivity index (χ1) is 30.7. The number of aromatic nitrogens is 3. The summed E-state index contributed by atoms with van der Waals surface area (Å²) in [6.45, 7) is 16.0. The molecule has 0 saturated carbocycles. The Morgan fingerprint density at radius 2 is 1.88 bits per heavy atom. The van der Waals surface area contributed by atoms with Gasteiger partial charge in [0.1, 0.15) is 24.2 Å². The summed E-state index contributed by atoms with van der Waals surface area (Å²) in [4.78, 5) is 83.8. The van der Waals surface area contributed by atoms with Gasteiger partial charge >= 0.3 is 12.0 Å². The summed E-state index contributed by atoms with van der Waals surface area (Å²) in [5, 5.41) is 8.08. The number of fused-ring (bicyclic) bond motifs is 8. The van der Waals surface area contributed by atoms with Gasteiger partial charge in [-0.25, -0.2) is 15.2 Å². The lowest BCUT2D eigenvalue weighted by molar-refractivity contribution is -0.156. The van der Waals surface area contributed by atoms with Crippen LogP contribution in [0.4, 0.5) is 4.79 Å². The van der Waals surface area contributed by atoms with E-state index in [1.165, 1.54) is 27.3 Å². The molecule has 2 saturated heterocycles. The van der Waals surface area contributed by atoms with Gasteiger partial charge in [0, 0.05) is 105 Å². The molecule has 0 spiro atoms. The second-order valence-electron chi connectivity index (χ2n) is 18.2. The second kappa shape index (κ2) is 18.1. The van der Waals surface area contributed by atoms with Crippen molar-refractivity contribution in [2.45, 2.75) is 90.6 Å². The van der Waals surface area contributed by atoms with Crippen molar-refractivity contribution in [3.05, 3.63) is 70.8 Å². The first-order valence-electron chi connectivity index (χ1n) is 22.2. The molecule has 17 heteroatoms. The maximum Gasteiger partial charge on any atom is 0.324 e. The van der Waals surface area contributed by atoms with Crippen molar-refractivity contribution >= 4 is 52.0 Å². The molecule has 1 aromatic carbocycles. The number of esters is 1. The summed E-state index contributed by atoms with van der Waals surface area (Å²) in [5.74, 6) is -2.17. The molecule has 2 fully saturated rings. The van der Waals surface area contributed by atoms with Crippen molar-refractivity contribution in [1.29, 1.82) is 0 Å². The van der Waals surface area contributed by atoms with Crippen molar-refractivity contribution in [3.8, 4) is 22.5 Å². The predicted molar refractivity (Wildman–Crippen MR) is 243 cm³/mol. The Bertz CT molecular complexity index is 2470. The van der Waals surface area contributed by atoms with Crippen LogP contribution in [0.5, 0.6) is 0 Å². The maximum absolute atomic E-state index is 14.7. The molecule has 8 rings (SSSR count). The zero-order valence-corrected chi connectivity index (χ0v) is 38.6. The van der Waals surface area contributed by atoms with Crippen LogP contribution in [-0.4, -0.2) is 136 Å². The first kappa shape index (κ1) is 44.9. The van der Waals surface area contributed by atoms with Crippen LogP contribution < -0.4 is 10.7 Å². The van der Waals surface area contributed by atoms with Crippen molar-refractivity contribution in [3.63, 3.8) is 0 Å². The normalized spacial score (nSPS) is 22.7. The lowest BCUT2D eigenvalue weighted by Crippen LogP contribution is -2.63. The number of hydrogen-bond donors (Lipinski definition) is 2. The van der Waals surface area contributed by atoms with Crippen LogP contribution >= 0.6 is 11.3 Å². The number of thiazole rings is 1. The molecule has 16 nitrogen and oxygen atoms in total. The van der Waals surface area contributed by atoms with E-state index in [1.54, 1.807) is 30.2 Å². The Labute approximate surface area is 377 Å². The number of urea groups is 1. The number of hydrogen-bond acceptors (Lipinski definition) is 11. The van der Waals surface area contributed by atoms with Gasteiger partial charge in [-0.05, 0) is 61.6 Å². The molecule has 340 valence electrons. The molecule has 3 aromatic heterocycles. The summed E-state index contributed by atoms with van der Waals surface area (Å²) in [7, 11) is 3.29. The number of carbonyl (C=O) groups excluding carboxylic acids is 5. The monoisotopic (exact) mass is 893 g/mol. The highest BCUT2D eigenvalue weighted by molar-refractivity contribution is 7.10. The van der Waals surface area contributed by atoms with Gasteiger partial charge in [-0.2, -0.15) is 0 Å². The number of carbonyl (C=O) groups is 5. The van der Waals surface area contributed by atoms with E-state index in [0.29, 0.717) is 57.1 Å². The van der Waals surface area contributed by atoms with E-state index < -0.39 is 47.4 Å². The zero-order valence-electron chi connectivity index (χ0n) is 37.8. The lowest BCUT2D eigenvalue weighted by atomic mass is 9.67. The molecular formula is C47H59N9O7S. The minimum absolute atomic E-state index is 0.0716. The van der Waals surface area contributed by atoms with Crippen LogP contribution in [-0.2, 0) is 41.6 Å². The molecule has 64 heavy (non-hydrogen) atoms. The number of amides is 5. The Kier molecular flexibility index (Phi) is 12.7. The van der Waals surface area contributed by atoms with E-state index in [-0.39, 0.29) is 36.8 Å². The van der Waals surface area contributed by atoms with E-state index in [1.807, 2.05) is 25.3 Å². The number of benzene rings is 1. The van der Waals surface area contributed by atoms with Gasteiger partial charge in [-0.15, -0.1) is 11.3 Å². The van der Waals surface area contributed by atoms with Crippen LogP contribution in [0.25, 0.3) is 33.4 Å². The van der Waals surface area contributed by atoms with E-state index in [4.69, 9.17) is 19.4 Å². The van der Waals surface area contributed by atoms with Crippen molar-refractivity contribution in [2.75, 3.05) is 53.5 Å². The van der Waals surface area contributed by atoms with Gasteiger partial charge in [-0.1, -0.05) is 40.3 Å². The molecule has 6 bridgehead atoms. The van der Waals surface area contributed by atoms with Crippen LogP contribution in [0.1, 0.15) is 75.7 Å². The van der Waals surface area contributed by atoms with Gasteiger partial charge in [-0.3, -0.25) is 29.2 Å². The summed E-state index contributed by atoms with van der Waals surface area (Å²) in [5.41, 5.74) is 9.20. The molecule has 4 aliphatic rings. The minimum atomic E-state index is -1.08. The fourth-order valence-corrected chi connectivity index (χ4v) is 11.0. The maximum atomic E-state index is 14.7. The van der Waals surface area contributed by atoms with Crippen LogP contribution in [0.2, 0.25) is 0 Å². The quantitative estimate of drug-likeness (QED) is 0.187. The highest BCUT2D eigenvalue weighted by Crippen LogP contribution is 2.57. The van der Waals surface area contributed by atoms with Crippen molar-refractivity contribution in [2.24, 2.45) is 11.3 Å².